The molecule has 1 aromatic carbocycles. The first kappa shape index (κ1) is 15.3. The third-order valence-corrected chi connectivity index (χ3v) is 3.38. The summed E-state index contributed by atoms with van der Waals surface area (Å²) in [5, 5.41) is 14.9. The third-order valence-electron chi connectivity index (χ3n) is 2.82. The van der Waals surface area contributed by atoms with Crippen LogP contribution in [0.15, 0.2) is 24.5 Å². The Hall–Kier alpha value is -2.12. The number of anilines is 2. The van der Waals surface area contributed by atoms with Crippen LogP contribution < -0.4 is 11.1 Å². The van der Waals surface area contributed by atoms with Gasteiger partial charge in [0.05, 0.1) is 11.0 Å². The minimum Gasteiger partial charge on any atom is -0.378 e. The minimum atomic E-state index is -0.631. The Morgan fingerprint density at radius 1 is 1.38 bits per heavy atom. The molecule has 0 saturated carbocycles. The van der Waals surface area contributed by atoms with Gasteiger partial charge in [0, 0.05) is 10.0 Å². The van der Waals surface area contributed by atoms with E-state index in [1.54, 1.807) is 25.1 Å². The van der Waals surface area contributed by atoms with Gasteiger partial charge in [-0.05, 0) is 24.6 Å². The first-order valence-corrected chi connectivity index (χ1v) is 6.62. The molecule has 21 heavy (non-hydrogen) atoms. The van der Waals surface area contributed by atoms with Gasteiger partial charge in [0.25, 0.3) is 0 Å². The summed E-state index contributed by atoms with van der Waals surface area (Å²) in [5.41, 5.74) is 5.87. The molecule has 1 heterocycles. The maximum Gasteiger partial charge on any atom is 0.353 e. The average molecular weight is 328 g/mol. The summed E-state index contributed by atoms with van der Waals surface area (Å²) >= 11 is 11.9. The van der Waals surface area contributed by atoms with Crippen LogP contribution in [0.5, 0.6) is 0 Å². The van der Waals surface area contributed by atoms with Crippen molar-refractivity contribution in [2.24, 2.45) is 0 Å². The van der Waals surface area contributed by atoms with E-state index in [9.17, 15) is 10.1 Å². The second-order valence-corrected chi connectivity index (χ2v) is 5.09. The summed E-state index contributed by atoms with van der Waals surface area (Å²) < 4.78 is 0. The maximum atomic E-state index is 11.0. The fourth-order valence-corrected chi connectivity index (χ4v) is 2.39. The molecular weight excluding hydrogens is 317 g/mol. The highest BCUT2D eigenvalue weighted by Crippen LogP contribution is 2.32. The zero-order chi connectivity index (χ0) is 15.6. The summed E-state index contributed by atoms with van der Waals surface area (Å²) in [4.78, 5) is 17.9. The number of hydrogen-bond donors (Lipinski definition) is 2. The maximum absolute atomic E-state index is 11.0. The summed E-state index contributed by atoms with van der Waals surface area (Å²) in [7, 11) is 0. The second kappa shape index (κ2) is 6.11. The van der Waals surface area contributed by atoms with Crippen LogP contribution in [0.4, 0.5) is 17.3 Å². The van der Waals surface area contributed by atoms with Gasteiger partial charge in [0.1, 0.15) is 6.33 Å². The molecule has 3 N–H and O–H groups in total. The molecule has 0 fully saturated rings. The van der Waals surface area contributed by atoms with Gasteiger partial charge in [-0.25, -0.2) is 9.97 Å². The number of nitro groups is 1. The molecule has 0 spiro atoms. The third kappa shape index (κ3) is 3.32. The van der Waals surface area contributed by atoms with Crippen LogP contribution in [0.3, 0.4) is 0 Å². The Bertz CT molecular complexity index is 695. The number of rotatable bonds is 4. The van der Waals surface area contributed by atoms with E-state index in [1.807, 2.05) is 0 Å². The van der Waals surface area contributed by atoms with Gasteiger partial charge >= 0.3 is 5.69 Å². The minimum absolute atomic E-state index is 0.0333. The lowest BCUT2D eigenvalue weighted by atomic mass is 10.1. The van der Waals surface area contributed by atoms with Crippen LogP contribution in [0.2, 0.25) is 10.0 Å². The summed E-state index contributed by atoms with van der Waals surface area (Å²) in [5.74, 6) is -0.169. The van der Waals surface area contributed by atoms with Crippen molar-refractivity contribution in [1.82, 2.24) is 9.97 Å². The largest absolute Gasteiger partial charge is 0.378 e. The Morgan fingerprint density at radius 2 is 2.10 bits per heavy atom. The molecule has 0 aliphatic heterocycles. The molecule has 110 valence electrons. The predicted octanol–water partition coefficient (Wildman–Crippen LogP) is 3.45. The van der Waals surface area contributed by atoms with Gasteiger partial charge in [0.2, 0.25) is 11.6 Å². The molecule has 7 nitrogen and oxygen atoms in total. The Morgan fingerprint density at radius 3 is 2.71 bits per heavy atom. The first-order valence-electron chi connectivity index (χ1n) is 5.86. The number of nitrogen functional groups attached to an aromatic ring is 1. The zero-order valence-corrected chi connectivity index (χ0v) is 12.4. The molecule has 2 aromatic rings. The van der Waals surface area contributed by atoms with Gasteiger partial charge in [-0.2, -0.15) is 0 Å². The molecule has 0 aliphatic rings. The summed E-state index contributed by atoms with van der Waals surface area (Å²) in [6, 6.07) is 4.68. The van der Waals surface area contributed by atoms with Gasteiger partial charge < -0.3 is 11.1 Å². The van der Waals surface area contributed by atoms with Gasteiger partial charge in [-0.15, -0.1) is 0 Å². The molecular formula is C12H11Cl2N5O2. The fourth-order valence-electron chi connectivity index (χ4n) is 1.81. The molecule has 1 unspecified atom stereocenters. The first-order chi connectivity index (χ1) is 9.90. The van der Waals surface area contributed by atoms with E-state index in [4.69, 9.17) is 28.9 Å². The van der Waals surface area contributed by atoms with E-state index >= 15 is 0 Å². The van der Waals surface area contributed by atoms with Crippen molar-refractivity contribution >= 4 is 40.5 Å². The standard InChI is InChI=1S/C12H11Cl2N5O2/c1-6(8-3-2-7(13)4-9(8)14)18-12-10(19(20)21)11(15)16-5-17-12/h2-6H,1H3,(H3,15,16,17,18). The molecule has 1 atom stereocenters. The molecule has 0 saturated heterocycles. The van der Waals surface area contributed by atoms with Gasteiger partial charge in [-0.1, -0.05) is 29.3 Å². The smallest absolute Gasteiger partial charge is 0.353 e. The number of benzene rings is 1. The molecule has 0 amide bonds. The quantitative estimate of drug-likeness (QED) is 0.657. The summed E-state index contributed by atoms with van der Waals surface area (Å²) in [6.07, 6.45) is 1.15. The number of hydrogen-bond acceptors (Lipinski definition) is 6. The lowest BCUT2D eigenvalue weighted by molar-refractivity contribution is -0.383. The number of nitrogens with zero attached hydrogens (tertiary/aromatic N) is 3. The van der Waals surface area contributed by atoms with Crippen LogP contribution in [0.25, 0.3) is 0 Å². The van der Waals surface area contributed by atoms with E-state index in [0.29, 0.717) is 10.0 Å². The number of aromatic nitrogens is 2. The van der Waals surface area contributed by atoms with Crippen molar-refractivity contribution in [3.8, 4) is 0 Å². The highest BCUT2D eigenvalue weighted by molar-refractivity contribution is 6.35. The molecule has 0 aliphatic carbocycles. The van der Waals surface area contributed by atoms with Crippen LogP contribution in [-0.2, 0) is 0 Å². The highest BCUT2D eigenvalue weighted by atomic mass is 35.5. The van der Waals surface area contributed by atoms with E-state index in [0.717, 1.165) is 11.9 Å². The van der Waals surface area contributed by atoms with Crippen LogP contribution in [0.1, 0.15) is 18.5 Å². The SMILES string of the molecule is CC(Nc1ncnc(N)c1[N+](=O)[O-])c1ccc(Cl)cc1Cl. The second-order valence-electron chi connectivity index (χ2n) is 4.25. The molecule has 0 radical (unpaired) electrons. The van der Waals surface area contributed by atoms with Crippen LogP contribution in [0, 0.1) is 10.1 Å². The average Bonchev–Trinajstić information content (AvgIpc) is 2.37. The monoisotopic (exact) mass is 327 g/mol. The Labute approximate surface area is 130 Å². The van der Waals surface area contributed by atoms with Crippen molar-refractivity contribution in [2.75, 3.05) is 11.1 Å². The lowest BCUT2D eigenvalue weighted by Crippen LogP contribution is -2.12. The van der Waals surface area contributed by atoms with Crippen LogP contribution in [-0.4, -0.2) is 14.9 Å². The molecule has 2 rings (SSSR count). The Balaban J connectivity index is 2.34. The van der Waals surface area contributed by atoms with Crippen molar-refractivity contribution in [2.45, 2.75) is 13.0 Å². The van der Waals surface area contributed by atoms with Gasteiger partial charge in [0.15, 0.2) is 0 Å². The van der Waals surface area contributed by atoms with Crippen LogP contribution >= 0.6 is 23.2 Å². The normalized spacial score (nSPS) is 12.0. The Kier molecular flexibility index (Phi) is 4.44. The van der Waals surface area contributed by atoms with Crippen molar-refractivity contribution in [1.29, 1.82) is 0 Å². The van der Waals surface area contributed by atoms with Crippen molar-refractivity contribution in [3.05, 3.63) is 50.2 Å². The number of nitrogens with one attached hydrogen (secondary N) is 1. The molecule has 0 bridgehead atoms. The lowest BCUT2D eigenvalue weighted by Gasteiger charge is -2.16. The highest BCUT2D eigenvalue weighted by Gasteiger charge is 2.23. The van der Waals surface area contributed by atoms with E-state index < -0.39 is 4.92 Å². The van der Waals surface area contributed by atoms with Crippen molar-refractivity contribution < 1.29 is 4.92 Å². The number of halogens is 2. The zero-order valence-electron chi connectivity index (χ0n) is 10.9. The molecule has 9 heteroatoms. The topological polar surface area (TPSA) is 107 Å². The van der Waals surface area contributed by atoms with Gasteiger partial charge in [-0.3, -0.25) is 10.1 Å². The van der Waals surface area contributed by atoms with Crippen molar-refractivity contribution in [3.63, 3.8) is 0 Å². The number of nitrogens with two attached hydrogens (primary N) is 1. The fraction of sp³-hybridized carbons (Fsp3) is 0.167. The molecule has 1 aromatic heterocycles. The van der Waals surface area contributed by atoms with E-state index in [2.05, 4.69) is 15.3 Å². The van der Waals surface area contributed by atoms with E-state index in [-0.39, 0.29) is 23.4 Å². The predicted molar refractivity (Wildman–Crippen MR) is 81.6 cm³/mol. The summed E-state index contributed by atoms with van der Waals surface area (Å²) in [6.45, 7) is 1.79. The van der Waals surface area contributed by atoms with E-state index in [1.165, 1.54) is 0 Å².